The molecule has 0 radical (unpaired) electrons. The van der Waals surface area contributed by atoms with Crippen molar-refractivity contribution in [2.45, 2.75) is 25.3 Å². The number of pyridine rings is 1. The molecule has 1 saturated heterocycles. The summed E-state index contributed by atoms with van der Waals surface area (Å²) in [5.41, 5.74) is 6.29. The van der Waals surface area contributed by atoms with Crippen LogP contribution in [0.15, 0.2) is 18.3 Å². The Kier molecular flexibility index (Phi) is 5.13. The molecule has 19 heavy (non-hydrogen) atoms. The molecule has 6 heteroatoms. The zero-order valence-electron chi connectivity index (χ0n) is 10.8. The number of halogens is 1. The number of anilines is 1. The lowest BCUT2D eigenvalue weighted by Gasteiger charge is -2.34. The molecular formula is C13H19ClN4O. The Balaban J connectivity index is 1.92. The third-order valence-electron chi connectivity index (χ3n) is 3.40. The molecule has 0 aromatic carbocycles. The van der Waals surface area contributed by atoms with Gasteiger partial charge in [0.25, 0.3) is 0 Å². The first-order valence-corrected chi connectivity index (χ1v) is 6.93. The van der Waals surface area contributed by atoms with E-state index in [-0.39, 0.29) is 5.91 Å². The average Bonchev–Trinajstić information content (AvgIpc) is 2.42. The number of aromatic nitrogens is 1. The Bertz CT molecular complexity index is 440. The molecule has 0 aliphatic carbocycles. The Morgan fingerprint density at radius 3 is 3.16 bits per heavy atom. The first-order valence-electron chi connectivity index (χ1n) is 6.55. The van der Waals surface area contributed by atoms with Gasteiger partial charge in [-0.05, 0) is 31.5 Å². The topological polar surface area (TPSA) is 71.2 Å². The van der Waals surface area contributed by atoms with Crippen LogP contribution < -0.4 is 11.1 Å². The van der Waals surface area contributed by atoms with Crippen LogP contribution in [-0.4, -0.2) is 41.5 Å². The molecule has 1 unspecified atom stereocenters. The molecule has 1 amide bonds. The fourth-order valence-electron chi connectivity index (χ4n) is 2.39. The molecule has 0 spiro atoms. The van der Waals surface area contributed by atoms with Gasteiger partial charge in [-0.15, -0.1) is 0 Å². The van der Waals surface area contributed by atoms with E-state index in [0.29, 0.717) is 30.0 Å². The Hall–Kier alpha value is -1.17. The van der Waals surface area contributed by atoms with Gasteiger partial charge in [-0.1, -0.05) is 18.0 Å². The van der Waals surface area contributed by atoms with Crippen molar-refractivity contribution in [3.63, 3.8) is 0 Å². The van der Waals surface area contributed by atoms with E-state index in [1.165, 1.54) is 6.42 Å². The van der Waals surface area contributed by atoms with Crippen molar-refractivity contribution in [3.05, 3.63) is 23.5 Å². The summed E-state index contributed by atoms with van der Waals surface area (Å²) in [4.78, 5) is 18.1. The quantitative estimate of drug-likeness (QED) is 0.821. The van der Waals surface area contributed by atoms with E-state index in [0.717, 1.165) is 19.4 Å². The molecule has 0 saturated carbocycles. The number of amides is 1. The third kappa shape index (κ3) is 3.89. The molecule has 2 rings (SSSR count). The van der Waals surface area contributed by atoms with Crippen molar-refractivity contribution in [2.24, 2.45) is 5.73 Å². The molecule has 2 heterocycles. The van der Waals surface area contributed by atoms with Crippen LogP contribution in [0.4, 0.5) is 5.69 Å². The van der Waals surface area contributed by atoms with Gasteiger partial charge < -0.3 is 11.1 Å². The fourth-order valence-corrected chi connectivity index (χ4v) is 2.56. The Morgan fingerprint density at radius 2 is 2.42 bits per heavy atom. The minimum absolute atomic E-state index is 0.0738. The average molecular weight is 283 g/mol. The largest absolute Gasteiger partial charge is 0.329 e. The zero-order valence-corrected chi connectivity index (χ0v) is 11.6. The van der Waals surface area contributed by atoms with E-state index in [9.17, 15) is 4.79 Å². The second kappa shape index (κ2) is 6.84. The van der Waals surface area contributed by atoms with E-state index in [4.69, 9.17) is 17.3 Å². The number of hydrogen-bond acceptors (Lipinski definition) is 4. The van der Waals surface area contributed by atoms with Crippen LogP contribution >= 0.6 is 11.6 Å². The zero-order chi connectivity index (χ0) is 13.7. The van der Waals surface area contributed by atoms with E-state index in [2.05, 4.69) is 15.2 Å². The highest BCUT2D eigenvalue weighted by Gasteiger charge is 2.23. The van der Waals surface area contributed by atoms with Crippen molar-refractivity contribution < 1.29 is 4.79 Å². The molecule has 104 valence electrons. The van der Waals surface area contributed by atoms with Crippen LogP contribution in [0.5, 0.6) is 0 Å². The van der Waals surface area contributed by atoms with Crippen molar-refractivity contribution in [3.8, 4) is 0 Å². The molecule has 1 aliphatic rings. The van der Waals surface area contributed by atoms with Crippen LogP contribution in [0.1, 0.15) is 19.3 Å². The lowest BCUT2D eigenvalue weighted by atomic mass is 10.0. The monoisotopic (exact) mass is 282 g/mol. The van der Waals surface area contributed by atoms with Crippen LogP contribution in [0, 0.1) is 0 Å². The maximum absolute atomic E-state index is 12.0. The number of carbonyl (C=O) groups excluding carboxylic acids is 1. The number of rotatable bonds is 4. The van der Waals surface area contributed by atoms with Gasteiger partial charge in [-0.3, -0.25) is 9.69 Å². The molecule has 1 aromatic rings. The SMILES string of the molecule is NCC1CCCCN1CC(=O)Nc1cccnc1Cl. The normalized spacial score (nSPS) is 20.2. The second-order valence-electron chi connectivity index (χ2n) is 4.75. The first kappa shape index (κ1) is 14.2. The predicted molar refractivity (Wildman–Crippen MR) is 76.1 cm³/mol. The predicted octanol–water partition coefficient (Wildman–Crippen LogP) is 1.49. The summed E-state index contributed by atoms with van der Waals surface area (Å²) in [6.07, 6.45) is 4.97. The van der Waals surface area contributed by atoms with Crippen molar-refractivity contribution in [1.29, 1.82) is 0 Å². The van der Waals surface area contributed by atoms with Gasteiger partial charge in [0.1, 0.15) is 0 Å². The Morgan fingerprint density at radius 1 is 1.58 bits per heavy atom. The number of nitrogens with one attached hydrogen (secondary N) is 1. The molecule has 1 aliphatic heterocycles. The highest BCUT2D eigenvalue weighted by Crippen LogP contribution is 2.19. The highest BCUT2D eigenvalue weighted by atomic mass is 35.5. The lowest BCUT2D eigenvalue weighted by molar-refractivity contribution is -0.118. The summed E-state index contributed by atoms with van der Waals surface area (Å²) in [6, 6.07) is 3.79. The second-order valence-corrected chi connectivity index (χ2v) is 5.10. The summed E-state index contributed by atoms with van der Waals surface area (Å²) >= 11 is 5.91. The van der Waals surface area contributed by atoms with Gasteiger partial charge in [0, 0.05) is 18.8 Å². The van der Waals surface area contributed by atoms with Gasteiger partial charge in [0.15, 0.2) is 5.15 Å². The smallest absolute Gasteiger partial charge is 0.238 e. The molecule has 1 atom stereocenters. The molecule has 1 fully saturated rings. The fraction of sp³-hybridized carbons (Fsp3) is 0.538. The standard InChI is InChI=1S/C13H19ClN4O/c14-13-11(5-3-6-16-13)17-12(19)9-18-7-2-1-4-10(18)8-15/h3,5-6,10H,1-2,4,7-9,15H2,(H,17,19). The van der Waals surface area contributed by atoms with E-state index in [1.54, 1.807) is 18.3 Å². The Labute approximate surface area is 118 Å². The summed E-state index contributed by atoms with van der Waals surface area (Å²) < 4.78 is 0. The van der Waals surface area contributed by atoms with Crippen molar-refractivity contribution in [2.75, 3.05) is 25.0 Å². The van der Waals surface area contributed by atoms with E-state index < -0.39 is 0 Å². The van der Waals surface area contributed by atoms with Gasteiger partial charge in [-0.25, -0.2) is 4.98 Å². The molecule has 5 nitrogen and oxygen atoms in total. The van der Waals surface area contributed by atoms with Gasteiger partial charge in [0.2, 0.25) is 5.91 Å². The maximum Gasteiger partial charge on any atom is 0.238 e. The molecule has 1 aromatic heterocycles. The first-order chi connectivity index (χ1) is 9.20. The minimum Gasteiger partial charge on any atom is -0.329 e. The number of nitrogens with two attached hydrogens (primary N) is 1. The summed E-state index contributed by atoms with van der Waals surface area (Å²) in [6.45, 7) is 1.88. The van der Waals surface area contributed by atoms with Crippen LogP contribution in [0.3, 0.4) is 0 Å². The maximum atomic E-state index is 12.0. The summed E-state index contributed by atoms with van der Waals surface area (Å²) in [7, 11) is 0. The summed E-state index contributed by atoms with van der Waals surface area (Å²) in [5, 5.41) is 3.10. The van der Waals surface area contributed by atoms with Gasteiger partial charge in [0.05, 0.1) is 12.2 Å². The van der Waals surface area contributed by atoms with Crippen molar-refractivity contribution >= 4 is 23.2 Å². The van der Waals surface area contributed by atoms with E-state index in [1.807, 2.05) is 0 Å². The number of likely N-dealkylation sites (tertiary alicyclic amines) is 1. The van der Waals surface area contributed by atoms with Crippen LogP contribution in [0.2, 0.25) is 5.15 Å². The van der Waals surface area contributed by atoms with Crippen molar-refractivity contribution in [1.82, 2.24) is 9.88 Å². The lowest BCUT2D eigenvalue weighted by Crippen LogP contribution is -2.47. The molecule has 0 bridgehead atoms. The minimum atomic E-state index is -0.0738. The van der Waals surface area contributed by atoms with Gasteiger partial charge in [-0.2, -0.15) is 0 Å². The highest BCUT2D eigenvalue weighted by molar-refractivity contribution is 6.32. The van der Waals surface area contributed by atoms with Crippen LogP contribution in [0.25, 0.3) is 0 Å². The number of hydrogen-bond donors (Lipinski definition) is 2. The number of nitrogens with zero attached hydrogens (tertiary/aromatic N) is 2. The van der Waals surface area contributed by atoms with Gasteiger partial charge >= 0.3 is 0 Å². The van der Waals surface area contributed by atoms with E-state index >= 15 is 0 Å². The number of carbonyl (C=O) groups is 1. The molecular weight excluding hydrogens is 264 g/mol. The third-order valence-corrected chi connectivity index (χ3v) is 3.70. The summed E-state index contributed by atoms with van der Waals surface area (Å²) in [5.74, 6) is -0.0738. The number of piperidine rings is 1. The van der Waals surface area contributed by atoms with Crippen LogP contribution in [-0.2, 0) is 4.79 Å². The molecule has 3 N–H and O–H groups in total.